The van der Waals surface area contributed by atoms with Crippen molar-refractivity contribution in [1.29, 1.82) is 0 Å². The van der Waals surface area contributed by atoms with Crippen LogP contribution in [0.4, 0.5) is 5.69 Å². The van der Waals surface area contributed by atoms with Crippen molar-refractivity contribution in [2.24, 2.45) is 5.92 Å². The first-order valence-corrected chi connectivity index (χ1v) is 7.47. The summed E-state index contributed by atoms with van der Waals surface area (Å²) >= 11 is 0. The van der Waals surface area contributed by atoms with E-state index in [1.807, 2.05) is 28.9 Å². The van der Waals surface area contributed by atoms with Crippen LogP contribution in [0.25, 0.3) is 5.69 Å². The second-order valence-corrected chi connectivity index (χ2v) is 5.89. The first-order valence-electron chi connectivity index (χ1n) is 7.47. The first kappa shape index (κ1) is 13.8. The summed E-state index contributed by atoms with van der Waals surface area (Å²) in [6.45, 7) is 4.22. The van der Waals surface area contributed by atoms with E-state index >= 15 is 0 Å². The van der Waals surface area contributed by atoms with Gasteiger partial charge in [0.05, 0.1) is 17.6 Å². The van der Waals surface area contributed by atoms with E-state index in [1.165, 1.54) is 0 Å². The minimum Gasteiger partial charge on any atom is -0.326 e. The third-order valence-electron chi connectivity index (χ3n) is 4.00. The second-order valence-electron chi connectivity index (χ2n) is 5.89. The normalized spacial score (nSPS) is 15.0. The number of hydrogen-bond donors (Lipinski definition) is 1. The van der Waals surface area contributed by atoms with Gasteiger partial charge in [-0.05, 0) is 37.0 Å². The Balaban J connectivity index is 1.82. The Kier molecular flexibility index (Phi) is 3.73. The highest BCUT2D eigenvalue weighted by atomic mass is 16.1. The molecule has 1 saturated carbocycles. The molecule has 0 aliphatic heterocycles. The number of carbonyl (C=O) groups is 1. The van der Waals surface area contributed by atoms with Crippen LogP contribution in [0.3, 0.4) is 0 Å². The maximum atomic E-state index is 12.0. The highest BCUT2D eigenvalue weighted by molar-refractivity contribution is 5.93. The van der Waals surface area contributed by atoms with Crippen LogP contribution in [-0.4, -0.2) is 20.9 Å². The van der Waals surface area contributed by atoms with Gasteiger partial charge in [-0.1, -0.05) is 31.5 Å². The molecule has 0 atom stereocenters. The minimum absolute atomic E-state index is 0.126. The molecule has 1 aromatic carbocycles. The third kappa shape index (κ3) is 2.82. The van der Waals surface area contributed by atoms with Gasteiger partial charge in [0, 0.05) is 11.6 Å². The van der Waals surface area contributed by atoms with Gasteiger partial charge in [-0.3, -0.25) is 4.79 Å². The fraction of sp³-hybridized carbons (Fsp3) is 0.438. The van der Waals surface area contributed by atoms with Crippen molar-refractivity contribution in [2.45, 2.75) is 39.0 Å². The van der Waals surface area contributed by atoms with Gasteiger partial charge < -0.3 is 5.32 Å². The molecule has 5 nitrogen and oxygen atoms in total. The monoisotopic (exact) mass is 284 g/mol. The van der Waals surface area contributed by atoms with E-state index in [-0.39, 0.29) is 11.8 Å². The number of carbonyl (C=O) groups excluding carboxylic acids is 1. The Labute approximate surface area is 124 Å². The molecule has 21 heavy (non-hydrogen) atoms. The lowest BCUT2D eigenvalue weighted by Crippen LogP contribution is -2.28. The van der Waals surface area contributed by atoms with Crippen molar-refractivity contribution in [3.63, 3.8) is 0 Å². The van der Waals surface area contributed by atoms with Gasteiger partial charge >= 0.3 is 0 Å². The van der Waals surface area contributed by atoms with Gasteiger partial charge in [-0.25, -0.2) is 4.68 Å². The fourth-order valence-electron chi connectivity index (χ4n) is 2.47. The Hall–Kier alpha value is -2.17. The summed E-state index contributed by atoms with van der Waals surface area (Å²) < 4.78 is 1.82. The number of amides is 1. The average molecular weight is 284 g/mol. The Morgan fingerprint density at radius 3 is 2.86 bits per heavy atom. The van der Waals surface area contributed by atoms with Crippen molar-refractivity contribution < 1.29 is 4.79 Å². The zero-order valence-electron chi connectivity index (χ0n) is 12.4. The predicted molar refractivity (Wildman–Crippen MR) is 81.4 cm³/mol. The second kappa shape index (κ2) is 5.68. The van der Waals surface area contributed by atoms with Crippen LogP contribution < -0.4 is 5.32 Å². The van der Waals surface area contributed by atoms with E-state index in [1.54, 1.807) is 6.20 Å². The highest BCUT2D eigenvalue weighted by Crippen LogP contribution is 2.28. The molecular formula is C16H20N4O. The molecule has 0 bridgehead atoms. The van der Waals surface area contributed by atoms with Crippen molar-refractivity contribution in [3.05, 3.63) is 36.2 Å². The van der Waals surface area contributed by atoms with Crippen LogP contribution in [0.5, 0.6) is 0 Å². The number of benzene rings is 1. The predicted octanol–water partition coefficient (Wildman–Crippen LogP) is 3.13. The smallest absolute Gasteiger partial charge is 0.227 e. The molecule has 5 heteroatoms. The summed E-state index contributed by atoms with van der Waals surface area (Å²) in [6, 6.07) is 7.75. The van der Waals surface area contributed by atoms with Crippen molar-refractivity contribution in [2.75, 3.05) is 5.32 Å². The number of aromatic nitrogens is 3. The van der Waals surface area contributed by atoms with Crippen LogP contribution in [0.2, 0.25) is 0 Å². The largest absolute Gasteiger partial charge is 0.326 e. The topological polar surface area (TPSA) is 59.8 Å². The maximum Gasteiger partial charge on any atom is 0.227 e. The van der Waals surface area contributed by atoms with Gasteiger partial charge in [-0.15, -0.1) is 5.10 Å². The quantitative estimate of drug-likeness (QED) is 0.938. The molecule has 1 aliphatic rings. The van der Waals surface area contributed by atoms with Crippen LogP contribution >= 0.6 is 0 Å². The number of nitrogens with one attached hydrogen (secondary N) is 1. The number of rotatable bonds is 4. The number of hydrogen-bond acceptors (Lipinski definition) is 3. The standard InChI is InChI=1S/C16H20N4O/c1-11(2)15-10-17-19-20(15)14-8-4-7-13(9-14)18-16(21)12-5-3-6-12/h4,7-12H,3,5-6H2,1-2H3,(H,18,21). The van der Waals surface area contributed by atoms with E-state index in [4.69, 9.17) is 0 Å². The van der Waals surface area contributed by atoms with E-state index in [0.29, 0.717) is 5.92 Å². The lowest BCUT2D eigenvalue weighted by molar-refractivity contribution is -0.122. The van der Waals surface area contributed by atoms with Gasteiger partial charge in [0.1, 0.15) is 0 Å². The summed E-state index contributed by atoms with van der Waals surface area (Å²) in [5.74, 6) is 0.653. The summed E-state index contributed by atoms with van der Waals surface area (Å²) in [5.41, 5.74) is 2.79. The fourth-order valence-corrected chi connectivity index (χ4v) is 2.47. The average Bonchev–Trinajstić information content (AvgIpc) is 2.86. The molecule has 3 rings (SSSR count). The third-order valence-corrected chi connectivity index (χ3v) is 4.00. The molecule has 0 saturated heterocycles. The number of nitrogens with zero attached hydrogens (tertiary/aromatic N) is 3. The van der Waals surface area contributed by atoms with Crippen molar-refractivity contribution in [1.82, 2.24) is 15.0 Å². The van der Waals surface area contributed by atoms with E-state index < -0.39 is 0 Å². The van der Waals surface area contributed by atoms with Gasteiger partial charge in [0.2, 0.25) is 5.91 Å². The molecule has 1 fully saturated rings. The van der Waals surface area contributed by atoms with Crippen molar-refractivity contribution >= 4 is 11.6 Å². The molecule has 0 unspecified atom stereocenters. The molecule has 110 valence electrons. The van der Waals surface area contributed by atoms with Gasteiger partial charge in [0.15, 0.2) is 0 Å². The lowest BCUT2D eigenvalue weighted by atomic mass is 9.85. The SMILES string of the molecule is CC(C)c1cnnn1-c1cccc(NC(=O)C2CCC2)c1. The van der Waals surface area contributed by atoms with Gasteiger partial charge in [0.25, 0.3) is 0 Å². The molecular weight excluding hydrogens is 264 g/mol. The summed E-state index contributed by atoms with van der Waals surface area (Å²) in [6.07, 6.45) is 4.96. The maximum absolute atomic E-state index is 12.0. The van der Waals surface area contributed by atoms with Crippen LogP contribution in [0.1, 0.15) is 44.7 Å². The van der Waals surface area contributed by atoms with Crippen molar-refractivity contribution in [3.8, 4) is 5.69 Å². The van der Waals surface area contributed by atoms with Crippen LogP contribution in [0, 0.1) is 5.92 Å². The number of anilines is 1. The molecule has 1 aliphatic carbocycles. The Bertz CT molecular complexity index is 643. The first-order chi connectivity index (χ1) is 10.1. The highest BCUT2D eigenvalue weighted by Gasteiger charge is 2.25. The Morgan fingerprint density at radius 2 is 2.19 bits per heavy atom. The van der Waals surface area contributed by atoms with Crippen LogP contribution in [-0.2, 0) is 4.79 Å². The van der Waals surface area contributed by atoms with E-state index in [9.17, 15) is 4.79 Å². The molecule has 0 spiro atoms. The molecule has 1 N–H and O–H groups in total. The summed E-state index contributed by atoms with van der Waals surface area (Å²) in [5, 5.41) is 11.1. The van der Waals surface area contributed by atoms with E-state index in [0.717, 1.165) is 36.3 Å². The summed E-state index contributed by atoms with van der Waals surface area (Å²) in [7, 11) is 0. The summed E-state index contributed by atoms with van der Waals surface area (Å²) in [4.78, 5) is 12.0. The molecule has 1 heterocycles. The zero-order chi connectivity index (χ0) is 14.8. The van der Waals surface area contributed by atoms with E-state index in [2.05, 4.69) is 29.5 Å². The molecule has 1 aromatic heterocycles. The van der Waals surface area contributed by atoms with Crippen LogP contribution in [0.15, 0.2) is 30.5 Å². The molecule has 2 aromatic rings. The minimum atomic E-state index is 0.126. The molecule has 0 radical (unpaired) electrons. The molecule has 1 amide bonds. The zero-order valence-corrected chi connectivity index (χ0v) is 12.4. The Morgan fingerprint density at radius 1 is 1.38 bits per heavy atom. The van der Waals surface area contributed by atoms with Gasteiger partial charge in [-0.2, -0.15) is 0 Å². The lowest BCUT2D eigenvalue weighted by Gasteiger charge is -2.24.